The van der Waals surface area contributed by atoms with E-state index in [1.54, 1.807) is 12.1 Å². The van der Waals surface area contributed by atoms with Crippen molar-refractivity contribution in [1.82, 2.24) is 4.98 Å². The van der Waals surface area contributed by atoms with Gasteiger partial charge in [0, 0.05) is 5.69 Å². The van der Waals surface area contributed by atoms with Gasteiger partial charge in [-0.2, -0.15) is 0 Å². The summed E-state index contributed by atoms with van der Waals surface area (Å²) in [5.41, 5.74) is 6.99. The van der Waals surface area contributed by atoms with Crippen LogP contribution in [0.3, 0.4) is 0 Å². The standard InChI is InChI=1S/C10H14N2O3/c1-6-3-4-8(15-2)10(12-6)7(11)5-9(13)14/h3-4,7H,5,11H2,1-2H3,(H,13,14). The number of carbonyl (C=O) groups is 1. The highest BCUT2D eigenvalue weighted by Crippen LogP contribution is 2.23. The molecule has 1 heterocycles. The number of nitrogens with two attached hydrogens (primary N) is 1. The molecule has 82 valence electrons. The Morgan fingerprint density at radius 2 is 2.33 bits per heavy atom. The molecule has 1 unspecified atom stereocenters. The van der Waals surface area contributed by atoms with Gasteiger partial charge < -0.3 is 15.6 Å². The Morgan fingerprint density at radius 3 is 2.87 bits per heavy atom. The first-order chi connectivity index (χ1) is 7.04. The van der Waals surface area contributed by atoms with Crippen molar-refractivity contribution in [3.63, 3.8) is 0 Å². The number of carboxylic acids is 1. The molecule has 1 atom stereocenters. The summed E-state index contributed by atoms with van der Waals surface area (Å²) in [5, 5.41) is 8.63. The van der Waals surface area contributed by atoms with E-state index in [9.17, 15) is 4.79 Å². The van der Waals surface area contributed by atoms with Crippen LogP contribution in [-0.4, -0.2) is 23.2 Å². The average Bonchev–Trinajstić information content (AvgIpc) is 2.16. The molecule has 0 saturated heterocycles. The maximum Gasteiger partial charge on any atom is 0.305 e. The molecule has 1 aromatic heterocycles. The third kappa shape index (κ3) is 2.92. The number of hydrogen-bond donors (Lipinski definition) is 2. The fraction of sp³-hybridized carbons (Fsp3) is 0.400. The number of hydrogen-bond acceptors (Lipinski definition) is 4. The first kappa shape index (κ1) is 11.5. The van der Waals surface area contributed by atoms with Gasteiger partial charge in [0.15, 0.2) is 0 Å². The average molecular weight is 210 g/mol. The van der Waals surface area contributed by atoms with Gasteiger partial charge in [0.2, 0.25) is 0 Å². The molecular weight excluding hydrogens is 196 g/mol. The largest absolute Gasteiger partial charge is 0.495 e. The Labute approximate surface area is 87.9 Å². The molecule has 1 aromatic rings. The normalized spacial score (nSPS) is 12.2. The number of carboxylic acid groups (broad SMARTS) is 1. The molecule has 0 amide bonds. The lowest BCUT2D eigenvalue weighted by molar-refractivity contribution is -0.137. The Bertz CT molecular complexity index is 366. The Hall–Kier alpha value is -1.62. The van der Waals surface area contributed by atoms with Crippen molar-refractivity contribution in [2.45, 2.75) is 19.4 Å². The first-order valence-corrected chi connectivity index (χ1v) is 4.53. The van der Waals surface area contributed by atoms with E-state index in [1.807, 2.05) is 6.92 Å². The van der Waals surface area contributed by atoms with E-state index in [-0.39, 0.29) is 6.42 Å². The number of aliphatic carboxylic acids is 1. The number of aromatic nitrogens is 1. The molecule has 0 bridgehead atoms. The molecule has 5 nitrogen and oxygen atoms in total. The monoisotopic (exact) mass is 210 g/mol. The molecule has 1 rings (SSSR count). The number of nitrogens with zero attached hydrogens (tertiary/aromatic N) is 1. The summed E-state index contributed by atoms with van der Waals surface area (Å²) in [6.07, 6.45) is -0.160. The predicted molar refractivity (Wildman–Crippen MR) is 54.7 cm³/mol. The molecule has 0 aliphatic carbocycles. The Morgan fingerprint density at radius 1 is 1.67 bits per heavy atom. The lowest BCUT2D eigenvalue weighted by atomic mass is 10.1. The van der Waals surface area contributed by atoms with Crippen LogP contribution >= 0.6 is 0 Å². The second-order valence-corrected chi connectivity index (χ2v) is 3.24. The molecular formula is C10H14N2O3. The minimum absolute atomic E-state index is 0.160. The van der Waals surface area contributed by atoms with Gasteiger partial charge in [-0.3, -0.25) is 9.78 Å². The first-order valence-electron chi connectivity index (χ1n) is 4.53. The zero-order valence-electron chi connectivity index (χ0n) is 8.73. The van der Waals surface area contributed by atoms with E-state index >= 15 is 0 Å². The number of aryl methyl sites for hydroxylation is 1. The zero-order chi connectivity index (χ0) is 11.4. The van der Waals surface area contributed by atoms with Gasteiger partial charge in [0.1, 0.15) is 5.75 Å². The lowest BCUT2D eigenvalue weighted by Gasteiger charge is -2.13. The van der Waals surface area contributed by atoms with Crippen molar-refractivity contribution in [1.29, 1.82) is 0 Å². The molecule has 0 aliphatic rings. The molecule has 0 saturated carbocycles. The van der Waals surface area contributed by atoms with Crippen molar-refractivity contribution in [3.8, 4) is 5.75 Å². The van der Waals surface area contributed by atoms with Crippen LogP contribution in [0.25, 0.3) is 0 Å². The van der Waals surface area contributed by atoms with Crippen LogP contribution in [0.15, 0.2) is 12.1 Å². The van der Waals surface area contributed by atoms with E-state index in [2.05, 4.69) is 4.98 Å². The van der Waals surface area contributed by atoms with Gasteiger partial charge in [0.05, 0.1) is 25.3 Å². The highest BCUT2D eigenvalue weighted by molar-refractivity contribution is 5.68. The van der Waals surface area contributed by atoms with Crippen LogP contribution in [0.5, 0.6) is 5.75 Å². The van der Waals surface area contributed by atoms with Gasteiger partial charge in [-0.05, 0) is 19.1 Å². The second-order valence-electron chi connectivity index (χ2n) is 3.24. The molecule has 0 spiro atoms. The summed E-state index contributed by atoms with van der Waals surface area (Å²) in [4.78, 5) is 14.7. The van der Waals surface area contributed by atoms with Crippen molar-refractivity contribution in [3.05, 3.63) is 23.5 Å². The number of pyridine rings is 1. The summed E-state index contributed by atoms with van der Waals surface area (Å²) < 4.78 is 5.07. The highest BCUT2D eigenvalue weighted by atomic mass is 16.5. The van der Waals surface area contributed by atoms with E-state index in [0.29, 0.717) is 11.4 Å². The summed E-state index contributed by atoms with van der Waals surface area (Å²) in [6.45, 7) is 1.82. The highest BCUT2D eigenvalue weighted by Gasteiger charge is 2.16. The Kier molecular flexibility index (Phi) is 3.62. The van der Waals surface area contributed by atoms with Gasteiger partial charge in [-0.1, -0.05) is 0 Å². The Balaban J connectivity index is 2.99. The van der Waals surface area contributed by atoms with E-state index in [0.717, 1.165) is 5.69 Å². The molecule has 0 aromatic carbocycles. The smallest absolute Gasteiger partial charge is 0.305 e. The quantitative estimate of drug-likeness (QED) is 0.770. The third-order valence-corrected chi connectivity index (χ3v) is 1.99. The third-order valence-electron chi connectivity index (χ3n) is 1.99. The van der Waals surface area contributed by atoms with Crippen LogP contribution in [0.1, 0.15) is 23.9 Å². The molecule has 0 aliphatic heterocycles. The fourth-order valence-electron chi connectivity index (χ4n) is 1.29. The van der Waals surface area contributed by atoms with Crippen LogP contribution < -0.4 is 10.5 Å². The topological polar surface area (TPSA) is 85.4 Å². The molecule has 0 radical (unpaired) electrons. The molecule has 0 fully saturated rings. The molecule has 3 N–H and O–H groups in total. The van der Waals surface area contributed by atoms with Gasteiger partial charge in [-0.15, -0.1) is 0 Å². The lowest BCUT2D eigenvalue weighted by Crippen LogP contribution is -2.17. The number of rotatable bonds is 4. The van der Waals surface area contributed by atoms with E-state index in [4.69, 9.17) is 15.6 Å². The van der Waals surface area contributed by atoms with Gasteiger partial charge >= 0.3 is 5.97 Å². The molecule has 5 heteroatoms. The summed E-state index contributed by atoms with van der Waals surface area (Å²) in [5.74, 6) is -0.429. The van der Waals surface area contributed by atoms with Crippen molar-refractivity contribution >= 4 is 5.97 Å². The minimum atomic E-state index is -0.951. The van der Waals surface area contributed by atoms with Crippen LogP contribution in [0, 0.1) is 6.92 Å². The maximum atomic E-state index is 10.5. The molecule has 15 heavy (non-hydrogen) atoms. The number of methoxy groups -OCH3 is 1. The van der Waals surface area contributed by atoms with Crippen molar-refractivity contribution in [2.75, 3.05) is 7.11 Å². The van der Waals surface area contributed by atoms with E-state index in [1.165, 1.54) is 7.11 Å². The summed E-state index contributed by atoms with van der Waals surface area (Å²) in [7, 11) is 1.50. The summed E-state index contributed by atoms with van der Waals surface area (Å²) >= 11 is 0. The van der Waals surface area contributed by atoms with Crippen molar-refractivity contribution in [2.24, 2.45) is 5.73 Å². The minimum Gasteiger partial charge on any atom is -0.495 e. The summed E-state index contributed by atoms with van der Waals surface area (Å²) in [6, 6.07) is 2.88. The zero-order valence-corrected chi connectivity index (χ0v) is 8.73. The van der Waals surface area contributed by atoms with E-state index < -0.39 is 12.0 Å². The maximum absolute atomic E-state index is 10.5. The van der Waals surface area contributed by atoms with Gasteiger partial charge in [0.25, 0.3) is 0 Å². The number of ether oxygens (including phenoxy) is 1. The van der Waals surface area contributed by atoms with Crippen molar-refractivity contribution < 1.29 is 14.6 Å². The van der Waals surface area contributed by atoms with Gasteiger partial charge in [-0.25, -0.2) is 0 Å². The SMILES string of the molecule is COc1ccc(C)nc1C(N)CC(=O)O. The predicted octanol–water partition coefficient (Wildman–Crippen LogP) is 0.873. The van der Waals surface area contributed by atoms with Crippen LogP contribution in [0.4, 0.5) is 0 Å². The second kappa shape index (κ2) is 4.75. The fourth-order valence-corrected chi connectivity index (χ4v) is 1.29. The van der Waals surface area contributed by atoms with Crippen LogP contribution in [0.2, 0.25) is 0 Å². The van der Waals surface area contributed by atoms with Crippen LogP contribution in [-0.2, 0) is 4.79 Å².